The van der Waals surface area contributed by atoms with E-state index in [1.807, 2.05) is 0 Å². The zero-order valence-electron chi connectivity index (χ0n) is 6.12. The van der Waals surface area contributed by atoms with Gasteiger partial charge in [0.15, 0.2) is 0 Å². The predicted octanol–water partition coefficient (Wildman–Crippen LogP) is 0.936. The first-order valence-corrected chi connectivity index (χ1v) is 4.18. The topological polar surface area (TPSA) is 32.8 Å². The third-order valence-corrected chi connectivity index (χ3v) is 2.65. The van der Waals surface area contributed by atoms with Gasteiger partial charge in [0.2, 0.25) is 0 Å². The number of fused-ring (bicyclic) bond motifs is 1. The lowest BCUT2D eigenvalue weighted by atomic mass is 9.87. The maximum atomic E-state index is 8.70. The van der Waals surface area contributed by atoms with Crippen molar-refractivity contribution in [3.8, 4) is 0 Å². The molecule has 1 heterocycles. The van der Waals surface area contributed by atoms with Gasteiger partial charge in [0.05, 0.1) is 12.2 Å². The lowest BCUT2D eigenvalue weighted by Crippen LogP contribution is -2.17. The highest BCUT2D eigenvalue weighted by atomic mass is 16.6. The van der Waals surface area contributed by atoms with Crippen LogP contribution in [0.2, 0.25) is 0 Å². The smallest absolute Gasteiger partial charge is 0.0870 e. The van der Waals surface area contributed by atoms with E-state index in [1.165, 1.54) is 19.3 Å². The molecule has 3 unspecified atom stereocenters. The Hall–Kier alpha value is -0.0800. The maximum absolute atomic E-state index is 8.70. The van der Waals surface area contributed by atoms with E-state index in [4.69, 9.17) is 9.84 Å². The number of epoxide rings is 1. The van der Waals surface area contributed by atoms with Gasteiger partial charge in [-0.1, -0.05) is 6.42 Å². The van der Waals surface area contributed by atoms with Crippen molar-refractivity contribution in [2.45, 2.75) is 37.9 Å². The lowest BCUT2D eigenvalue weighted by molar-refractivity contribution is 0.224. The van der Waals surface area contributed by atoms with Crippen molar-refractivity contribution in [2.75, 3.05) is 6.61 Å². The summed E-state index contributed by atoms with van der Waals surface area (Å²) in [7, 11) is 0. The van der Waals surface area contributed by atoms with E-state index in [0.717, 1.165) is 6.42 Å². The van der Waals surface area contributed by atoms with Gasteiger partial charge in [0.1, 0.15) is 0 Å². The fourth-order valence-electron chi connectivity index (χ4n) is 2.02. The number of hydrogen-bond acceptors (Lipinski definition) is 2. The fraction of sp³-hybridized carbons (Fsp3) is 1.00. The quantitative estimate of drug-likeness (QED) is 0.582. The van der Waals surface area contributed by atoms with Crippen molar-refractivity contribution < 1.29 is 9.84 Å². The molecule has 0 aromatic carbocycles. The molecule has 2 nitrogen and oxygen atoms in total. The summed E-state index contributed by atoms with van der Waals surface area (Å²) in [5.74, 6) is 0.670. The second-order valence-corrected chi connectivity index (χ2v) is 3.34. The number of ether oxygens (including phenoxy) is 1. The van der Waals surface area contributed by atoms with Gasteiger partial charge in [-0.05, 0) is 25.2 Å². The molecule has 0 radical (unpaired) electrons. The van der Waals surface area contributed by atoms with Crippen LogP contribution >= 0.6 is 0 Å². The van der Waals surface area contributed by atoms with Crippen LogP contribution in [0.15, 0.2) is 0 Å². The predicted molar refractivity (Wildman–Crippen MR) is 37.7 cm³/mol. The summed E-state index contributed by atoms with van der Waals surface area (Å²) in [5, 5.41) is 8.70. The van der Waals surface area contributed by atoms with Crippen LogP contribution in [0, 0.1) is 5.92 Å². The third-order valence-electron chi connectivity index (χ3n) is 2.65. The Bertz CT molecular complexity index is 122. The van der Waals surface area contributed by atoms with Gasteiger partial charge in [-0.15, -0.1) is 0 Å². The molecule has 3 atom stereocenters. The van der Waals surface area contributed by atoms with Crippen LogP contribution in [0.25, 0.3) is 0 Å². The minimum atomic E-state index is 0.331. The van der Waals surface area contributed by atoms with Gasteiger partial charge in [-0.2, -0.15) is 0 Å². The standard InChI is InChI=1S/C8H14O2/c9-5-4-6-2-1-3-7-8(6)10-7/h6-9H,1-5H2. The Balaban J connectivity index is 1.84. The van der Waals surface area contributed by atoms with E-state index < -0.39 is 0 Å². The summed E-state index contributed by atoms with van der Waals surface area (Å²) in [6.07, 6.45) is 5.87. The SMILES string of the molecule is OCCC1CCCC2OC12. The molecule has 0 aromatic heterocycles. The first kappa shape index (κ1) is 6.62. The van der Waals surface area contributed by atoms with E-state index in [-0.39, 0.29) is 0 Å². The van der Waals surface area contributed by atoms with Crippen LogP contribution in [-0.4, -0.2) is 23.9 Å². The van der Waals surface area contributed by atoms with Gasteiger partial charge in [-0.25, -0.2) is 0 Å². The van der Waals surface area contributed by atoms with Crippen LogP contribution in [0.3, 0.4) is 0 Å². The van der Waals surface area contributed by atoms with Crippen molar-refractivity contribution in [1.82, 2.24) is 0 Å². The van der Waals surface area contributed by atoms with E-state index in [1.54, 1.807) is 0 Å². The van der Waals surface area contributed by atoms with Gasteiger partial charge < -0.3 is 9.84 Å². The lowest BCUT2D eigenvalue weighted by Gasteiger charge is -2.16. The monoisotopic (exact) mass is 142 g/mol. The summed E-state index contributed by atoms with van der Waals surface area (Å²) in [5.41, 5.74) is 0. The Labute approximate surface area is 61.2 Å². The average Bonchev–Trinajstić information content (AvgIpc) is 2.67. The zero-order valence-corrected chi connectivity index (χ0v) is 6.12. The molecule has 58 valence electrons. The van der Waals surface area contributed by atoms with Crippen molar-refractivity contribution in [3.63, 3.8) is 0 Å². The van der Waals surface area contributed by atoms with Crippen LogP contribution < -0.4 is 0 Å². The molecule has 0 bridgehead atoms. The first-order valence-electron chi connectivity index (χ1n) is 4.18. The summed E-state index contributed by atoms with van der Waals surface area (Å²) < 4.78 is 5.43. The summed E-state index contributed by atoms with van der Waals surface area (Å²) in [6, 6.07) is 0. The van der Waals surface area contributed by atoms with E-state index >= 15 is 0 Å². The van der Waals surface area contributed by atoms with E-state index in [0.29, 0.717) is 24.7 Å². The van der Waals surface area contributed by atoms with Crippen molar-refractivity contribution >= 4 is 0 Å². The molecule has 2 heteroatoms. The Morgan fingerprint density at radius 1 is 1.40 bits per heavy atom. The Morgan fingerprint density at radius 2 is 2.30 bits per heavy atom. The first-order chi connectivity index (χ1) is 4.92. The molecule has 0 amide bonds. The molecule has 1 N–H and O–H groups in total. The van der Waals surface area contributed by atoms with Crippen molar-refractivity contribution in [2.24, 2.45) is 5.92 Å². The normalized spacial score (nSPS) is 44.7. The molecule has 0 aromatic rings. The fourth-order valence-corrected chi connectivity index (χ4v) is 2.02. The molecule has 2 fully saturated rings. The maximum Gasteiger partial charge on any atom is 0.0870 e. The molecule has 2 aliphatic rings. The molecule has 10 heavy (non-hydrogen) atoms. The van der Waals surface area contributed by atoms with E-state index in [2.05, 4.69) is 0 Å². The zero-order chi connectivity index (χ0) is 6.97. The second kappa shape index (κ2) is 2.51. The Morgan fingerprint density at radius 3 is 3.10 bits per heavy atom. The van der Waals surface area contributed by atoms with Crippen molar-refractivity contribution in [3.05, 3.63) is 0 Å². The van der Waals surface area contributed by atoms with Gasteiger partial charge in [0.25, 0.3) is 0 Å². The number of aliphatic hydroxyl groups excluding tert-OH is 1. The van der Waals surface area contributed by atoms with Gasteiger partial charge in [-0.3, -0.25) is 0 Å². The molecular weight excluding hydrogens is 128 g/mol. The van der Waals surface area contributed by atoms with Crippen molar-refractivity contribution in [1.29, 1.82) is 0 Å². The number of aliphatic hydroxyl groups is 1. The largest absolute Gasteiger partial charge is 0.396 e. The van der Waals surface area contributed by atoms with Crippen LogP contribution in [0.5, 0.6) is 0 Å². The molecule has 1 saturated carbocycles. The average molecular weight is 142 g/mol. The molecule has 0 spiro atoms. The van der Waals surface area contributed by atoms with Gasteiger partial charge in [0, 0.05) is 6.61 Å². The minimum Gasteiger partial charge on any atom is -0.396 e. The summed E-state index contributed by atoms with van der Waals surface area (Å²) in [6.45, 7) is 0.331. The van der Waals surface area contributed by atoms with Crippen LogP contribution in [0.4, 0.5) is 0 Å². The van der Waals surface area contributed by atoms with E-state index in [9.17, 15) is 0 Å². The molecule has 1 aliphatic heterocycles. The highest BCUT2D eigenvalue weighted by molar-refractivity contribution is 4.94. The number of hydrogen-bond donors (Lipinski definition) is 1. The molecular formula is C8H14O2. The Kier molecular flexibility index (Phi) is 1.66. The summed E-state index contributed by atoms with van der Waals surface area (Å²) >= 11 is 0. The third kappa shape index (κ3) is 1.06. The highest BCUT2D eigenvalue weighted by Gasteiger charge is 2.46. The van der Waals surface area contributed by atoms with Crippen LogP contribution in [0.1, 0.15) is 25.7 Å². The molecule has 1 saturated heterocycles. The number of rotatable bonds is 2. The highest BCUT2D eigenvalue weighted by Crippen LogP contribution is 2.41. The molecule has 2 rings (SSSR count). The second-order valence-electron chi connectivity index (χ2n) is 3.34. The van der Waals surface area contributed by atoms with Crippen LogP contribution in [-0.2, 0) is 4.74 Å². The molecule has 1 aliphatic carbocycles. The minimum absolute atomic E-state index is 0.331. The summed E-state index contributed by atoms with van der Waals surface area (Å²) in [4.78, 5) is 0. The van der Waals surface area contributed by atoms with Gasteiger partial charge >= 0.3 is 0 Å².